The number of amidine groups is 1. The third-order valence-corrected chi connectivity index (χ3v) is 4.01. The minimum absolute atomic E-state index is 0.0835. The van der Waals surface area contributed by atoms with Crippen LogP contribution in [0, 0.1) is 11.3 Å². The Labute approximate surface area is 109 Å². The van der Waals surface area contributed by atoms with Crippen LogP contribution in [-0.2, 0) is 4.79 Å². The summed E-state index contributed by atoms with van der Waals surface area (Å²) in [4.78, 5) is 14.1. The number of amides is 1. The number of carbonyl (C=O) groups is 1. The number of nitrogens with zero attached hydrogens (tertiary/aromatic N) is 2. The van der Waals surface area contributed by atoms with Gasteiger partial charge < -0.3 is 15.8 Å². The van der Waals surface area contributed by atoms with Gasteiger partial charge in [0.05, 0.1) is 0 Å². The highest BCUT2D eigenvalue weighted by molar-refractivity contribution is 5.82. The van der Waals surface area contributed by atoms with E-state index in [1.807, 2.05) is 0 Å². The van der Waals surface area contributed by atoms with Crippen molar-refractivity contribution in [2.45, 2.75) is 46.0 Å². The Balaban J connectivity index is 2.57. The molecular weight excluding hydrogens is 230 g/mol. The van der Waals surface area contributed by atoms with Gasteiger partial charge in [-0.25, -0.2) is 0 Å². The van der Waals surface area contributed by atoms with Crippen molar-refractivity contribution in [2.24, 2.45) is 22.2 Å². The normalized spacial score (nSPS) is 23.7. The van der Waals surface area contributed by atoms with Crippen molar-refractivity contribution < 1.29 is 10.0 Å². The number of hydrogen-bond donors (Lipinski definition) is 2. The lowest BCUT2D eigenvalue weighted by atomic mass is 9.68. The molecule has 5 heteroatoms. The van der Waals surface area contributed by atoms with Crippen LogP contribution < -0.4 is 5.73 Å². The van der Waals surface area contributed by atoms with E-state index in [-0.39, 0.29) is 23.1 Å². The molecule has 1 unspecified atom stereocenters. The zero-order valence-corrected chi connectivity index (χ0v) is 11.6. The summed E-state index contributed by atoms with van der Waals surface area (Å²) in [6, 6.07) is 0. The van der Waals surface area contributed by atoms with Gasteiger partial charge in [-0.2, -0.15) is 0 Å². The van der Waals surface area contributed by atoms with Crippen molar-refractivity contribution in [1.29, 1.82) is 0 Å². The van der Waals surface area contributed by atoms with Gasteiger partial charge in [0, 0.05) is 25.9 Å². The second-order valence-corrected chi connectivity index (χ2v) is 5.89. The zero-order valence-electron chi connectivity index (χ0n) is 11.6. The lowest BCUT2D eigenvalue weighted by Crippen LogP contribution is -2.42. The summed E-state index contributed by atoms with van der Waals surface area (Å²) in [5.74, 6) is 0.450. The average Bonchev–Trinajstić information content (AvgIpc) is 2.34. The van der Waals surface area contributed by atoms with Crippen LogP contribution in [0.3, 0.4) is 0 Å². The van der Waals surface area contributed by atoms with Crippen LogP contribution in [0.1, 0.15) is 46.0 Å². The van der Waals surface area contributed by atoms with Crippen molar-refractivity contribution in [2.75, 3.05) is 13.6 Å². The SMILES string of the molecule is CN(CCC(N)=NO)C(=O)C1CCCCC1(C)C. The lowest BCUT2D eigenvalue weighted by Gasteiger charge is -2.39. The van der Waals surface area contributed by atoms with E-state index in [4.69, 9.17) is 10.9 Å². The van der Waals surface area contributed by atoms with E-state index in [2.05, 4.69) is 19.0 Å². The summed E-state index contributed by atoms with van der Waals surface area (Å²) in [7, 11) is 1.79. The Kier molecular flexibility index (Phi) is 4.99. The minimum Gasteiger partial charge on any atom is -0.409 e. The van der Waals surface area contributed by atoms with Gasteiger partial charge in [0.25, 0.3) is 0 Å². The average molecular weight is 255 g/mol. The summed E-state index contributed by atoms with van der Waals surface area (Å²) in [5.41, 5.74) is 5.50. The molecule has 5 nitrogen and oxygen atoms in total. The molecule has 1 amide bonds. The van der Waals surface area contributed by atoms with Gasteiger partial charge in [-0.05, 0) is 18.3 Å². The third kappa shape index (κ3) is 3.62. The van der Waals surface area contributed by atoms with Crippen molar-refractivity contribution in [3.05, 3.63) is 0 Å². The number of nitrogens with two attached hydrogens (primary N) is 1. The first-order chi connectivity index (χ1) is 8.38. The Bertz CT molecular complexity index is 326. The highest BCUT2D eigenvalue weighted by Crippen LogP contribution is 2.41. The third-order valence-electron chi connectivity index (χ3n) is 4.01. The van der Waals surface area contributed by atoms with E-state index in [1.165, 1.54) is 6.42 Å². The summed E-state index contributed by atoms with van der Waals surface area (Å²) < 4.78 is 0. The summed E-state index contributed by atoms with van der Waals surface area (Å²) in [5, 5.41) is 11.4. The van der Waals surface area contributed by atoms with Crippen molar-refractivity contribution in [1.82, 2.24) is 4.90 Å². The Morgan fingerprint density at radius 1 is 1.50 bits per heavy atom. The predicted molar refractivity (Wildman–Crippen MR) is 71.4 cm³/mol. The number of hydrogen-bond acceptors (Lipinski definition) is 3. The van der Waals surface area contributed by atoms with Gasteiger partial charge in [-0.1, -0.05) is 31.8 Å². The number of oxime groups is 1. The van der Waals surface area contributed by atoms with Gasteiger partial charge in [-0.15, -0.1) is 0 Å². The second-order valence-electron chi connectivity index (χ2n) is 5.89. The quantitative estimate of drug-likeness (QED) is 0.348. The van der Waals surface area contributed by atoms with Crippen LogP contribution in [0.2, 0.25) is 0 Å². The molecule has 0 saturated heterocycles. The van der Waals surface area contributed by atoms with Gasteiger partial charge in [0.1, 0.15) is 5.84 Å². The maximum absolute atomic E-state index is 12.4. The molecule has 1 rings (SSSR count). The molecule has 0 bridgehead atoms. The molecule has 3 N–H and O–H groups in total. The van der Waals surface area contributed by atoms with Crippen molar-refractivity contribution in [3.63, 3.8) is 0 Å². The standard InChI is InChI=1S/C13H25N3O2/c1-13(2)8-5-4-6-10(13)12(17)16(3)9-7-11(14)15-18/h10,18H,4-9H2,1-3H3,(H2,14,15). The minimum atomic E-state index is 0.0835. The molecule has 0 radical (unpaired) electrons. The van der Waals surface area contributed by atoms with E-state index in [0.717, 1.165) is 19.3 Å². The van der Waals surface area contributed by atoms with Gasteiger partial charge in [0.2, 0.25) is 5.91 Å². The first-order valence-corrected chi connectivity index (χ1v) is 6.60. The molecule has 0 aliphatic heterocycles. The fourth-order valence-corrected chi connectivity index (χ4v) is 2.66. The highest BCUT2D eigenvalue weighted by atomic mass is 16.4. The molecule has 0 aromatic rings. The fraction of sp³-hybridized carbons (Fsp3) is 0.846. The van der Waals surface area contributed by atoms with Crippen molar-refractivity contribution in [3.8, 4) is 0 Å². The second kappa shape index (κ2) is 6.07. The molecule has 0 spiro atoms. The van der Waals surface area contributed by atoms with Gasteiger partial charge in [0.15, 0.2) is 0 Å². The smallest absolute Gasteiger partial charge is 0.225 e. The number of carbonyl (C=O) groups excluding carboxylic acids is 1. The zero-order chi connectivity index (χ0) is 13.8. The molecule has 1 atom stereocenters. The lowest BCUT2D eigenvalue weighted by molar-refractivity contribution is -0.139. The Morgan fingerprint density at radius 3 is 2.72 bits per heavy atom. The van der Waals surface area contributed by atoms with E-state index < -0.39 is 0 Å². The van der Waals surface area contributed by atoms with Crippen LogP contribution in [0.4, 0.5) is 0 Å². The van der Waals surface area contributed by atoms with Crippen LogP contribution >= 0.6 is 0 Å². The Hall–Kier alpha value is -1.26. The van der Waals surface area contributed by atoms with E-state index in [1.54, 1.807) is 11.9 Å². The van der Waals surface area contributed by atoms with Crippen LogP contribution in [0.15, 0.2) is 5.16 Å². The summed E-state index contributed by atoms with van der Waals surface area (Å²) in [6.45, 7) is 4.85. The molecule has 1 aliphatic rings. The monoisotopic (exact) mass is 255 g/mol. The molecule has 18 heavy (non-hydrogen) atoms. The molecule has 1 saturated carbocycles. The molecule has 104 valence electrons. The van der Waals surface area contributed by atoms with Crippen molar-refractivity contribution >= 4 is 11.7 Å². The summed E-state index contributed by atoms with van der Waals surface area (Å²) in [6.07, 6.45) is 4.83. The first kappa shape index (κ1) is 14.8. The molecule has 0 heterocycles. The van der Waals surface area contributed by atoms with E-state index >= 15 is 0 Å². The van der Waals surface area contributed by atoms with Crippen LogP contribution in [-0.4, -0.2) is 35.4 Å². The highest BCUT2D eigenvalue weighted by Gasteiger charge is 2.38. The maximum Gasteiger partial charge on any atom is 0.225 e. The van der Waals surface area contributed by atoms with Gasteiger partial charge in [-0.3, -0.25) is 4.79 Å². The topological polar surface area (TPSA) is 78.9 Å². The maximum atomic E-state index is 12.4. The molecular formula is C13H25N3O2. The Morgan fingerprint density at radius 2 is 2.17 bits per heavy atom. The summed E-state index contributed by atoms with van der Waals surface area (Å²) >= 11 is 0. The van der Waals surface area contributed by atoms with E-state index in [0.29, 0.717) is 13.0 Å². The fourth-order valence-electron chi connectivity index (χ4n) is 2.66. The molecule has 0 aromatic carbocycles. The van der Waals surface area contributed by atoms with Crippen LogP contribution in [0.25, 0.3) is 0 Å². The van der Waals surface area contributed by atoms with Gasteiger partial charge >= 0.3 is 0 Å². The molecule has 1 fully saturated rings. The first-order valence-electron chi connectivity index (χ1n) is 6.60. The molecule has 0 aromatic heterocycles. The molecule has 1 aliphatic carbocycles. The largest absolute Gasteiger partial charge is 0.409 e. The predicted octanol–water partition coefficient (Wildman–Crippen LogP) is 1.80. The number of rotatable bonds is 4. The van der Waals surface area contributed by atoms with E-state index in [9.17, 15) is 4.79 Å². The van der Waals surface area contributed by atoms with Crippen LogP contribution in [0.5, 0.6) is 0 Å².